The highest BCUT2D eigenvalue weighted by atomic mass is 16.2. The lowest BCUT2D eigenvalue weighted by molar-refractivity contribution is 0.0951. The van der Waals surface area contributed by atoms with Gasteiger partial charge in [0.1, 0.15) is 0 Å². The minimum absolute atomic E-state index is 0.0123. The van der Waals surface area contributed by atoms with Crippen molar-refractivity contribution in [1.29, 1.82) is 0 Å². The molecular weight excluding hydrogens is 450 g/mol. The van der Waals surface area contributed by atoms with Gasteiger partial charge in [0.05, 0.1) is 11.7 Å². The lowest BCUT2D eigenvalue weighted by Crippen LogP contribution is -2.41. The normalized spacial score (nSPS) is 15.2. The molecule has 3 aromatic rings. The minimum atomic E-state index is -0.253. The molecule has 190 valence electrons. The zero-order valence-electron chi connectivity index (χ0n) is 21.8. The van der Waals surface area contributed by atoms with Crippen LogP contribution in [0.3, 0.4) is 0 Å². The van der Waals surface area contributed by atoms with Gasteiger partial charge >= 0.3 is 0 Å². The molecule has 7 nitrogen and oxygen atoms in total. The van der Waals surface area contributed by atoms with Gasteiger partial charge in [-0.15, -0.1) is 0 Å². The monoisotopic (exact) mass is 487 g/mol. The maximum atomic E-state index is 13.6. The first-order valence-corrected chi connectivity index (χ1v) is 12.7. The molecule has 1 fully saturated rings. The molecule has 36 heavy (non-hydrogen) atoms. The zero-order chi connectivity index (χ0) is 25.9. The molecular formula is C29H37N5O2. The second-order valence-corrected chi connectivity index (χ2v) is 10.8. The highest BCUT2D eigenvalue weighted by Gasteiger charge is 2.25. The number of nitrogens with zero attached hydrogens (tertiary/aromatic N) is 2. The third kappa shape index (κ3) is 6.40. The predicted octanol–water partition coefficient (Wildman–Crippen LogP) is 4.61. The van der Waals surface area contributed by atoms with Crippen molar-refractivity contribution in [2.75, 3.05) is 11.9 Å². The van der Waals surface area contributed by atoms with Gasteiger partial charge in [0, 0.05) is 36.1 Å². The van der Waals surface area contributed by atoms with E-state index in [0.717, 1.165) is 30.5 Å². The van der Waals surface area contributed by atoms with E-state index in [1.807, 2.05) is 31.2 Å². The van der Waals surface area contributed by atoms with Crippen LogP contribution in [-0.4, -0.2) is 33.6 Å². The van der Waals surface area contributed by atoms with Gasteiger partial charge in [0.2, 0.25) is 0 Å². The Hall–Kier alpha value is -3.45. The van der Waals surface area contributed by atoms with E-state index in [9.17, 15) is 9.59 Å². The molecule has 0 unspecified atom stereocenters. The SMILES string of the molecule is Cc1ccc(C(=O)NC2CC2)cc1-n1ccnc(N[C@@H](c2ccccc2)[C@H](C)CNC(C)(C)C)c1=O. The van der Waals surface area contributed by atoms with Gasteiger partial charge in [-0.05, 0) is 69.7 Å². The van der Waals surface area contributed by atoms with E-state index in [1.165, 1.54) is 0 Å². The number of amides is 1. The molecule has 1 saturated carbocycles. The van der Waals surface area contributed by atoms with Crippen molar-refractivity contribution >= 4 is 11.7 Å². The van der Waals surface area contributed by atoms with Crippen LogP contribution in [0.2, 0.25) is 0 Å². The molecule has 7 heteroatoms. The molecule has 4 rings (SSSR count). The highest BCUT2D eigenvalue weighted by Crippen LogP contribution is 2.26. The van der Waals surface area contributed by atoms with Crippen molar-refractivity contribution in [3.8, 4) is 5.69 Å². The number of rotatable bonds is 9. The average Bonchev–Trinajstić information content (AvgIpc) is 3.66. The fourth-order valence-electron chi connectivity index (χ4n) is 4.15. The average molecular weight is 488 g/mol. The van der Waals surface area contributed by atoms with Gasteiger partial charge in [-0.1, -0.05) is 43.3 Å². The van der Waals surface area contributed by atoms with Crippen LogP contribution in [0.4, 0.5) is 5.82 Å². The number of nitrogens with one attached hydrogen (secondary N) is 3. The first kappa shape index (κ1) is 25.6. The Balaban J connectivity index is 1.65. The summed E-state index contributed by atoms with van der Waals surface area (Å²) in [6, 6.07) is 15.8. The summed E-state index contributed by atoms with van der Waals surface area (Å²) in [5.74, 6) is 0.349. The van der Waals surface area contributed by atoms with Gasteiger partial charge in [0.15, 0.2) is 5.82 Å². The van der Waals surface area contributed by atoms with E-state index in [4.69, 9.17) is 0 Å². The summed E-state index contributed by atoms with van der Waals surface area (Å²) in [6.45, 7) is 11.3. The van der Waals surface area contributed by atoms with E-state index >= 15 is 0 Å². The third-order valence-electron chi connectivity index (χ3n) is 6.46. The number of carbonyl (C=O) groups is 1. The van der Waals surface area contributed by atoms with E-state index in [0.29, 0.717) is 11.3 Å². The molecule has 0 radical (unpaired) electrons. The molecule has 1 aliphatic carbocycles. The number of hydrogen-bond acceptors (Lipinski definition) is 5. The van der Waals surface area contributed by atoms with E-state index in [-0.39, 0.29) is 40.8 Å². The standard InChI is InChI=1S/C29H37N5O2/c1-19-11-12-22(27(35)32-23-13-14-23)17-24(19)34-16-15-30-26(28(34)36)33-25(21-9-7-6-8-10-21)20(2)18-31-29(3,4)5/h6-12,15-17,20,23,25,31H,13-14,18H2,1-5H3,(H,30,33)(H,32,35)/t20-,25-/m1/s1. The maximum Gasteiger partial charge on any atom is 0.297 e. The molecule has 0 spiro atoms. The topological polar surface area (TPSA) is 88.1 Å². The number of anilines is 1. The Morgan fingerprint density at radius 2 is 1.86 bits per heavy atom. The van der Waals surface area contributed by atoms with E-state index < -0.39 is 0 Å². The van der Waals surface area contributed by atoms with Crippen LogP contribution in [0.1, 0.15) is 68.1 Å². The van der Waals surface area contributed by atoms with Crippen LogP contribution in [-0.2, 0) is 0 Å². The Morgan fingerprint density at radius 3 is 2.53 bits per heavy atom. The van der Waals surface area contributed by atoms with Crippen LogP contribution in [0, 0.1) is 12.8 Å². The van der Waals surface area contributed by atoms with Gasteiger partial charge in [-0.25, -0.2) is 4.98 Å². The molecule has 1 aliphatic rings. The van der Waals surface area contributed by atoms with Gasteiger partial charge in [-0.2, -0.15) is 0 Å². The molecule has 0 saturated heterocycles. The van der Waals surface area contributed by atoms with Gasteiger partial charge < -0.3 is 16.0 Å². The van der Waals surface area contributed by atoms with Crippen LogP contribution in [0.15, 0.2) is 65.7 Å². The first-order valence-electron chi connectivity index (χ1n) is 12.7. The van der Waals surface area contributed by atoms with Crippen molar-refractivity contribution in [2.24, 2.45) is 5.92 Å². The zero-order valence-corrected chi connectivity index (χ0v) is 21.8. The van der Waals surface area contributed by atoms with Crippen molar-refractivity contribution in [3.63, 3.8) is 0 Å². The highest BCUT2D eigenvalue weighted by molar-refractivity contribution is 5.95. The molecule has 3 N–H and O–H groups in total. The minimum Gasteiger partial charge on any atom is -0.358 e. The second kappa shape index (κ2) is 10.7. The molecule has 2 aromatic carbocycles. The summed E-state index contributed by atoms with van der Waals surface area (Å²) in [5.41, 5.74) is 2.95. The summed E-state index contributed by atoms with van der Waals surface area (Å²) in [4.78, 5) is 30.7. The van der Waals surface area contributed by atoms with Crippen LogP contribution in [0.5, 0.6) is 0 Å². The number of carbonyl (C=O) groups excluding carboxylic acids is 1. The predicted molar refractivity (Wildman–Crippen MR) is 145 cm³/mol. The van der Waals surface area contributed by atoms with Crippen LogP contribution >= 0.6 is 0 Å². The Kier molecular flexibility index (Phi) is 7.59. The lowest BCUT2D eigenvalue weighted by atomic mass is 9.93. The lowest BCUT2D eigenvalue weighted by Gasteiger charge is -2.30. The summed E-state index contributed by atoms with van der Waals surface area (Å²) < 4.78 is 1.57. The number of benzene rings is 2. The summed E-state index contributed by atoms with van der Waals surface area (Å²) in [5, 5.41) is 10.0. The third-order valence-corrected chi connectivity index (χ3v) is 6.46. The Morgan fingerprint density at radius 1 is 1.14 bits per heavy atom. The van der Waals surface area contributed by atoms with Crippen molar-refractivity contribution < 1.29 is 4.79 Å². The van der Waals surface area contributed by atoms with Crippen molar-refractivity contribution in [2.45, 2.75) is 65.1 Å². The van der Waals surface area contributed by atoms with E-state index in [1.54, 1.807) is 29.1 Å². The Labute approximate surface area is 213 Å². The summed E-state index contributed by atoms with van der Waals surface area (Å²) in [7, 11) is 0. The van der Waals surface area contributed by atoms with Crippen LogP contribution in [0.25, 0.3) is 5.69 Å². The summed E-state index contributed by atoms with van der Waals surface area (Å²) >= 11 is 0. The van der Waals surface area contributed by atoms with Gasteiger partial charge in [-0.3, -0.25) is 14.2 Å². The number of hydrogen-bond donors (Lipinski definition) is 3. The smallest absolute Gasteiger partial charge is 0.297 e. The molecule has 0 bridgehead atoms. The van der Waals surface area contributed by atoms with Gasteiger partial charge in [0.25, 0.3) is 11.5 Å². The number of aryl methyl sites for hydroxylation is 1. The maximum absolute atomic E-state index is 13.6. The number of aromatic nitrogens is 2. The Bertz CT molecular complexity index is 1260. The molecule has 1 heterocycles. The molecule has 0 aliphatic heterocycles. The molecule has 1 amide bonds. The first-order chi connectivity index (χ1) is 17.1. The largest absolute Gasteiger partial charge is 0.358 e. The summed E-state index contributed by atoms with van der Waals surface area (Å²) in [6.07, 6.45) is 5.33. The fraction of sp³-hybridized carbons (Fsp3) is 0.414. The second-order valence-electron chi connectivity index (χ2n) is 10.8. The molecule has 1 aromatic heterocycles. The molecule has 2 atom stereocenters. The fourth-order valence-corrected chi connectivity index (χ4v) is 4.15. The van der Waals surface area contributed by atoms with E-state index in [2.05, 4.69) is 60.8 Å². The van der Waals surface area contributed by atoms with Crippen LogP contribution < -0.4 is 21.5 Å². The quantitative estimate of drug-likeness (QED) is 0.410. The van der Waals surface area contributed by atoms with Crippen molar-refractivity contribution in [3.05, 3.63) is 88.0 Å². The van der Waals surface area contributed by atoms with Crippen molar-refractivity contribution in [1.82, 2.24) is 20.2 Å².